The zero-order valence-corrected chi connectivity index (χ0v) is 13.7. The third kappa shape index (κ3) is 3.10. The van der Waals surface area contributed by atoms with Crippen LogP contribution in [0.4, 0.5) is 5.69 Å². The number of anilines is 1. The first-order valence-corrected chi connectivity index (χ1v) is 7.41. The molecule has 112 valence electrons. The zero-order chi connectivity index (χ0) is 15.7. The summed E-state index contributed by atoms with van der Waals surface area (Å²) in [6.07, 6.45) is 0. The van der Waals surface area contributed by atoms with Crippen LogP contribution in [-0.2, 0) is 0 Å². The van der Waals surface area contributed by atoms with E-state index in [0.717, 1.165) is 0 Å². The van der Waals surface area contributed by atoms with Crippen LogP contribution >= 0.6 is 35.4 Å². The minimum Gasteiger partial charge on any atom is -0.494 e. The summed E-state index contributed by atoms with van der Waals surface area (Å²) < 4.78 is 1.25. The lowest BCUT2D eigenvalue weighted by Crippen LogP contribution is -2.27. The fourth-order valence-corrected chi connectivity index (χ4v) is 2.92. The number of aromatic nitrogens is 1. The molecular formula is C14H14Cl2N2O2S. The maximum absolute atomic E-state index is 10.4. The third-order valence-electron chi connectivity index (χ3n) is 2.99. The van der Waals surface area contributed by atoms with Gasteiger partial charge in [0.15, 0.2) is 0 Å². The largest absolute Gasteiger partial charge is 0.494 e. The van der Waals surface area contributed by atoms with E-state index >= 15 is 0 Å². The monoisotopic (exact) mass is 344 g/mol. The first-order chi connectivity index (χ1) is 9.85. The van der Waals surface area contributed by atoms with Gasteiger partial charge in [0.1, 0.15) is 5.69 Å². The van der Waals surface area contributed by atoms with E-state index in [4.69, 9.17) is 35.4 Å². The van der Waals surface area contributed by atoms with Crippen LogP contribution in [-0.4, -0.2) is 26.3 Å². The lowest BCUT2D eigenvalue weighted by atomic mass is 10.3. The normalized spacial score (nSPS) is 10.9. The maximum Gasteiger partial charge on any atom is 0.223 e. The molecular weight excluding hydrogens is 331 g/mol. The molecule has 0 unspecified atom stereocenters. The van der Waals surface area contributed by atoms with Crippen molar-refractivity contribution in [2.45, 2.75) is 19.9 Å². The van der Waals surface area contributed by atoms with Gasteiger partial charge >= 0.3 is 0 Å². The zero-order valence-electron chi connectivity index (χ0n) is 11.4. The summed E-state index contributed by atoms with van der Waals surface area (Å²) in [7, 11) is 0. The maximum atomic E-state index is 10.4. The van der Waals surface area contributed by atoms with Crippen LogP contribution in [0.15, 0.2) is 24.3 Å². The fraction of sp³-hybridized carbons (Fsp3) is 0.214. The molecule has 0 aliphatic rings. The van der Waals surface area contributed by atoms with E-state index in [2.05, 4.69) is 0 Å². The van der Waals surface area contributed by atoms with E-state index in [0.29, 0.717) is 21.4 Å². The number of nitrogens with zero attached hydrogens (tertiary/aromatic N) is 2. The smallest absolute Gasteiger partial charge is 0.223 e. The van der Waals surface area contributed by atoms with Gasteiger partial charge in [0.05, 0.1) is 11.2 Å². The fourth-order valence-electron chi connectivity index (χ4n) is 2.04. The van der Waals surface area contributed by atoms with E-state index in [1.807, 2.05) is 13.8 Å². The van der Waals surface area contributed by atoms with Crippen molar-refractivity contribution in [1.82, 2.24) is 4.57 Å². The molecule has 0 radical (unpaired) electrons. The number of hydrogen-bond donors (Lipinski definition) is 2. The Morgan fingerprint density at radius 3 is 2.19 bits per heavy atom. The molecule has 0 spiro atoms. The van der Waals surface area contributed by atoms with E-state index in [1.54, 1.807) is 23.1 Å². The van der Waals surface area contributed by atoms with E-state index in [1.165, 1.54) is 16.1 Å². The van der Waals surface area contributed by atoms with Gasteiger partial charge in [-0.1, -0.05) is 35.4 Å². The van der Waals surface area contributed by atoms with Crippen LogP contribution in [0.1, 0.15) is 13.8 Å². The number of thiocarbonyl (C=S) groups is 1. The van der Waals surface area contributed by atoms with Crippen LogP contribution in [0, 0.1) is 0 Å². The predicted molar refractivity (Wildman–Crippen MR) is 90.4 cm³/mol. The Labute approximate surface area is 138 Å². The molecule has 0 aliphatic heterocycles. The molecule has 0 atom stereocenters. The lowest BCUT2D eigenvalue weighted by Gasteiger charge is -2.22. The molecule has 7 heteroatoms. The van der Waals surface area contributed by atoms with Gasteiger partial charge in [-0.15, -0.1) is 0 Å². The Balaban J connectivity index is 2.61. The highest BCUT2D eigenvalue weighted by Gasteiger charge is 2.21. The molecule has 2 rings (SSSR count). The van der Waals surface area contributed by atoms with Gasteiger partial charge in [-0.05, 0) is 32.0 Å². The molecule has 0 aliphatic carbocycles. The second-order valence-corrected chi connectivity index (χ2v) is 5.86. The topological polar surface area (TPSA) is 48.6 Å². The van der Waals surface area contributed by atoms with Crippen molar-refractivity contribution in [2.75, 3.05) is 4.90 Å². The van der Waals surface area contributed by atoms with E-state index < -0.39 is 0 Å². The molecule has 2 aromatic rings. The Hall–Kier alpha value is -1.43. The molecule has 0 saturated heterocycles. The van der Waals surface area contributed by atoms with Crippen molar-refractivity contribution in [3.05, 3.63) is 34.3 Å². The highest BCUT2D eigenvalue weighted by atomic mass is 35.5. The Morgan fingerprint density at radius 1 is 1.14 bits per heavy atom. The summed E-state index contributed by atoms with van der Waals surface area (Å²) in [5, 5.41) is 21.3. The molecule has 4 nitrogen and oxygen atoms in total. The van der Waals surface area contributed by atoms with E-state index in [-0.39, 0.29) is 17.8 Å². The molecule has 0 saturated carbocycles. The van der Waals surface area contributed by atoms with Crippen LogP contribution < -0.4 is 4.90 Å². The van der Waals surface area contributed by atoms with Crippen LogP contribution in [0.5, 0.6) is 11.8 Å². The SMILES string of the molecule is CC(C)N(C=S)c1cc(O)n(-c2cc(Cl)cc(Cl)c2)c1O. The van der Waals surface area contributed by atoms with Gasteiger partial charge in [0, 0.05) is 22.2 Å². The molecule has 0 fully saturated rings. The number of hydrogen-bond acceptors (Lipinski definition) is 3. The highest BCUT2D eigenvalue weighted by Crippen LogP contribution is 2.39. The molecule has 1 aromatic carbocycles. The minimum atomic E-state index is -0.138. The first-order valence-electron chi connectivity index (χ1n) is 6.19. The Bertz CT molecular complexity index is 666. The van der Waals surface area contributed by atoms with Crippen molar-refractivity contribution < 1.29 is 10.2 Å². The lowest BCUT2D eigenvalue weighted by molar-refractivity contribution is 0.402. The standard InChI is InChI=1S/C14H14Cl2N2O2S/c1-8(2)17(7-21)12-6-13(19)18(14(12)20)11-4-9(15)3-10(16)5-11/h3-8,19-20H,1-2H3. The van der Waals surface area contributed by atoms with Gasteiger partial charge in [-0.2, -0.15) is 0 Å². The number of aromatic hydroxyl groups is 2. The molecule has 0 bridgehead atoms. The second-order valence-electron chi connectivity index (χ2n) is 4.78. The van der Waals surface area contributed by atoms with Crippen LogP contribution in [0.25, 0.3) is 5.69 Å². The average Bonchev–Trinajstić information content (AvgIpc) is 2.64. The van der Waals surface area contributed by atoms with Crippen molar-refractivity contribution in [3.63, 3.8) is 0 Å². The van der Waals surface area contributed by atoms with Crippen molar-refractivity contribution in [1.29, 1.82) is 0 Å². The van der Waals surface area contributed by atoms with Gasteiger partial charge in [0.2, 0.25) is 11.8 Å². The second kappa shape index (κ2) is 6.13. The number of halogens is 2. The minimum absolute atomic E-state index is 0.0339. The van der Waals surface area contributed by atoms with Gasteiger partial charge in [-0.25, -0.2) is 4.57 Å². The quantitative estimate of drug-likeness (QED) is 0.808. The van der Waals surface area contributed by atoms with Crippen LogP contribution in [0.3, 0.4) is 0 Å². The summed E-state index contributed by atoms with van der Waals surface area (Å²) in [6, 6.07) is 6.23. The van der Waals surface area contributed by atoms with Gasteiger partial charge in [0.25, 0.3) is 0 Å². The van der Waals surface area contributed by atoms with Crippen molar-refractivity contribution >= 4 is 46.6 Å². The first kappa shape index (κ1) is 15.9. The summed E-state index contributed by atoms with van der Waals surface area (Å²) in [6.45, 7) is 3.85. The average molecular weight is 345 g/mol. The molecule has 21 heavy (non-hydrogen) atoms. The van der Waals surface area contributed by atoms with E-state index in [9.17, 15) is 10.2 Å². The van der Waals surface area contributed by atoms with Crippen molar-refractivity contribution in [2.24, 2.45) is 0 Å². The summed E-state index contributed by atoms with van der Waals surface area (Å²) in [5.41, 5.74) is 2.30. The summed E-state index contributed by atoms with van der Waals surface area (Å²) in [5.74, 6) is -0.274. The molecule has 1 heterocycles. The number of benzene rings is 1. The van der Waals surface area contributed by atoms with Gasteiger partial charge in [-0.3, -0.25) is 0 Å². The van der Waals surface area contributed by atoms with Gasteiger partial charge < -0.3 is 15.1 Å². The highest BCUT2D eigenvalue weighted by molar-refractivity contribution is 7.79. The predicted octanol–water partition coefficient (Wildman–Crippen LogP) is 4.37. The Kier molecular flexibility index (Phi) is 4.66. The summed E-state index contributed by atoms with van der Waals surface area (Å²) in [4.78, 5) is 1.67. The molecule has 1 aromatic heterocycles. The molecule has 0 amide bonds. The third-order valence-corrected chi connectivity index (χ3v) is 3.65. The number of rotatable bonds is 4. The van der Waals surface area contributed by atoms with Crippen LogP contribution in [0.2, 0.25) is 10.0 Å². The summed E-state index contributed by atoms with van der Waals surface area (Å²) >= 11 is 16.9. The molecule has 2 N–H and O–H groups in total. The van der Waals surface area contributed by atoms with Crippen molar-refractivity contribution in [3.8, 4) is 17.4 Å². The Morgan fingerprint density at radius 2 is 1.71 bits per heavy atom.